The van der Waals surface area contributed by atoms with E-state index in [2.05, 4.69) is 50.9 Å². The normalized spacial score (nSPS) is 18.8. The molecule has 0 aliphatic carbocycles. The number of carbonyl (C=O) groups is 1. The molecule has 2 aliphatic rings. The number of benzene rings is 1. The predicted octanol–water partition coefficient (Wildman–Crippen LogP) is 2.18. The van der Waals surface area contributed by atoms with Crippen LogP contribution in [0.5, 0.6) is 0 Å². The maximum absolute atomic E-state index is 13.0. The number of nitrogens with zero attached hydrogens (tertiary/aromatic N) is 5. The summed E-state index contributed by atoms with van der Waals surface area (Å²) < 4.78 is 0. The highest BCUT2D eigenvalue weighted by molar-refractivity contribution is 5.94. The van der Waals surface area contributed by atoms with Crippen LogP contribution in [0.15, 0.2) is 48.8 Å². The van der Waals surface area contributed by atoms with Gasteiger partial charge in [-0.3, -0.25) is 14.7 Å². The van der Waals surface area contributed by atoms with Gasteiger partial charge in [0.25, 0.3) is 5.91 Å². The van der Waals surface area contributed by atoms with Crippen molar-refractivity contribution in [2.45, 2.75) is 13.5 Å². The minimum Gasteiger partial charge on any atom is -0.368 e. The molecule has 2 saturated heterocycles. The largest absolute Gasteiger partial charge is 0.368 e. The fourth-order valence-corrected chi connectivity index (χ4v) is 4.17. The van der Waals surface area contributed by atoms with Gasteiger partial charge in [0, 0.05) is 65.1 Å². The molecule has 3 heterocycles. The fourth-order valence-electron chi connectivity index (χ4n) is 4.17. The van der Waals surface area contributed by atoms with Crippen LogP contribution in [0, 0.1) is 0 Å². The van der Waals surface area contributed by atoms with Crippen LogP contribution in [0.4, 0.5) is 5.69 Å². The smallest absolute Gasteiger partial charge is 0.255 e. The van der Waals surface area contributed by atoms with Crippen LogP contribution in [0.2, 0.25) is 0 Å². The Labute approximate surface area is 173 Å². The third kappa shape index (κ3) is 4.95. The zero-order chi connectivity index (χ0) is 20.1. The molecule has 6 heteroatoms. The molecule has 1 amide bonds. The summed E-state index contributed by atoms with van der Waals surface area (Å²) in [6.45, 7) is 11.7. The van der Waals surface area contributed by atoms with Crippen LogP contribution >= 0.6 is 0 Å². The quantitative estimate of drug-likeness (QED) is 0.779. The average molecular weight is 394 g/mol. The summed E-state index contributed by atoms with van der Waals surface area (Å²) in [5, 5.41) is 0. The lowest BCUT2D eigenvalue weighted by Crippen LogP contribution is -2.48. The minimum atomic E-state index is 0.103. The Bertz CT molecular complexity index is 796. The zero-order valence-electron chi connectivity index (χ0n) is 17.3. The molecule has 0 unspecified atom stereocenters. The molecular formula is C23H31N5O. The fraction of sp³-hybridized carbons (Fsp3) is 0.478. The van der Waals surface area contributed by atoms with E-state index >= 15 is 0 Å². The molecule has 0 atom stereocenters. The van der Waals surface area contributed by atoms with E-state index in [9.17, 15) is 4.79 Å². The molecule has 0 bridgehead atoms. The van der Waals surface area contributed by atoms with Gasteiger partial charge in [-0.1, -0.05) is 37.3 Å². The first-order valence-electron chi connectivity index (χ1n) is 10.7. The number of anilines is 1. The van der Waals surface area contributed by atoms with Crippen molar-refractivity contribution in [2.75, 3.05) is 63.8 Å². The van der Waals surface area contributed by atoms with Gasteiger partial charge >= 0.3 is 0 Å². The van der Waals surface area contributed by atoms with Gasteiger partial charge in [-0.15, -0.1) is 0 Å². The lowest BCUT2D eigenvalue weighted by atomic mass is 10.1. The molecule has 2 aromatic rings. The number of likely N-dealkylation sites (N-methyl/N-ethyl adjacent to an activating group) is 1. The Morgan fingerprint density at radius 2 is 1.59 bits per heavy atom. The second kappa shape index (κ2) is 9.37. The van der Waals surface area contributed by atoms with E-state index in [-0.39, 0.29) is 5.91 Å². The maximum Gasteiger partial charge on any atom is 0.255 e. The number of carbonyl (C=O) groups excluding carboxylic acids is 1. The number of rotatable bonds is 5. The van der Waals surface area contributed by atoms with E-state index < -0.39 is 0 Å². The van der Waals surface area contributed by atoms with Gasteiger partial charge in [-0.25, -0.2) is 0 Å². The molecular weight excluding hydrogens is 362 g/mol. The van der Waals surface area contributed by atoms with Crippen molar-refractivity contribution in [1.29, 1.82) is 0 Å². The third-order valence-electron chi connectivity index (χ3n) is 6.06. The van der Waals surface area contributed by atoms with Crippen molar-refractivity contribution in [2.24, 2.45) is 0 Å². The van der Waals surface area contributed by atoms with E-state index in [0.717, 1.165) is 71.1 Å². The van der Waals surface area contributed by atoms with E-state index in [1.54, 1.807) is 6.20 Å². The first kappa shape index (κ1) is 19.9. The standard InChI is InChI=1S/C23H31N5O/c1-2-25-8-12-27(13-9-25)22-16-21(17-24-18-22)23(29)28-14-10-26(11-15-28)19-20-6-4-3-5-7-20/h3-7,16-18H,2,8-15,19H2,1H3. The van der Waals surface area contributed by atoms with Gasteiger partial charge in [0.2, 0.25) is 0 Å². The monoisotopic (exact) mass is 393 g/mol. The molecule has 2 aliphatic heterocycles. The molecule has 0 saturated carbocycles. The summed E-state index contributed by atoms with van der Waals surface area (Å²) >= 11 is 0. The lowest BCUT2D eigenvalue weighted by molar-refractivity contribution is 0.0628. The van der Waals surface area contributed by atoms with Gasteiger partial charge in [-0.05, 0) is 18.2 Å². The summed E-state index contributed by atoms with van der Waals surface area (Å²) in [6, 6.07) is 12.6. The second-order valence-electron chi connectivity index (χ2n) is 7.91. The van der Waals surface area contributed by atoms with Gasteiger partial charge < -0.3 is 14.7 Å². The van der Waals surface area contributed by atoms with Gasteiger partial charge in [0.05, 0.1) is 17.4 Å². The highest BCUT2D eigenvalue weighted by Gasteiger charge is 2.23. The van der Waals surface area contributed by atoms with Gasteiger partial charge in [0.1, 0.15) is 0 Å². The van der Waals surface area contributed by atoms with Crippen molar-refractivity contribution in [1.82, 2.24) is 19.7 Å². The maximum atomic E-state index is 13.0. The molecule has 0 spiro atoms. The molecule has 154 valence electrons. The van der Waals surface area contributed by atoms with E-state index in [0.29, 0.717) is 5.56 Å². The number of piperazine rings is 2. The first-order chi connectivity index (χ1) is 14.2. The zero-order valence-corrected chi connectivity index (χ0v) is 17.3. The van der Waals surface area contributed by atoms with E-state index in [1.165, 1.54) is 5.56 Å². The van der Waals surface area contributed by atoms with E-state index in [1.807, 2.05) is 23.2 Å². The van der Waals surface area contributed by atoms with Crippen molar-refractivity contribution >= 4 is 11.6 Å². The number of aromatic nitrogens is 1. The number of pyridine rings is 1. The van der Waals surface area contributed by atoms with E-state index in [4.69, 9.17) is 0 Å². The van der Waals surface area contributed by atoms with Crippen LogP contribution in [0.3, 0.4) is 0 Å². The molecule has 29 heavy (non-hydrogen) atoms. The summed E-state index contributed by atoms with van der Waals surface area (Å²) in [7, 11) is 0. The Hall–Kier alpha value is -2.44. The Morgan fingerprint density at radius 3 is 2.28 bits per heavy atom. The number of hydrogen-bond donors (Lipinski definition) is 0. The third-order valence-corrected chi connectivity index (χ3v) is 6.06. The van der Waals surface area contributed by atoms with Crippen LogP contribution in [0.1, 0.15) is 22.8 Å². The Balaban J connectivity index is 1.33. The molecule has 1 aromatic heterocycles. The molecule has 2 fully saturated rings. The minimum absolute atomic E-state index is 0.103. The van der Waals surface area contributed by atoms with Crippen LogP contribution in [-0.2, 0) is 6.54 Å². The second-order valence-corrected chi connectivity index (χ2v) is 7.91. The SMILES string of the molecule is CCN1CCN(c2cncc(C(=O)N3CCN(Cc4ccccc4)CC3)c2)CC1. The van der Waals surface area contributed by atoms with Crippen molar-refractivity contribution in [3.63, 3.8) is 0 Å². The predicted molar refractivity (Wildman–Crippen MR) is 116 cm³/mol. The van der Waals surface area contributed by atoms with Crippen molar-refractivity contribution in [3.05, 3.63) is 59.9 Å². The molecule has 6 nitrogen and oxygen atoms in total. The lowest BCUT2D eigenvalue weighted by Gasteiger charge is -2.36. The van der Waals surface area contributed by atoms with Crippen molar-refractivity contribution < 1.29 is 4.79 Å². The topological polar surface area (TPSA) is 42.9 Å². The molecule has 0 N–H and O–H groups in total. The highest BCUT2D eigenvalue weighted by atomic mass is 16.2. The molecule has 4 rings (SSSR count). The van der Waals surface area contributed by atoms with Crippen LogP contribution in [-0.4, -0.2) is 84.5 Å². The van der Waals surface area contributed by atoms with Crippen LogP contribution < -0.4 is 4.90 Å². The number of hydrogen-bond acceptors (Lipinski definition) is 5. The van der Waals surface area contributed by atoms with Crippen molar-refractivity contribution in [3.8, 4) is 0 Å². The summed E-state index contributed by atoms with van der Waals surface area (Å²) in [4.78, 5) is 26.6. The average Bonchev–Trinajstić information content (AvgIpc) is 2.80. The molecule has 1 aromatic carbocycles. The van der Waals surface area contributed by atoms with Gasteiger partial charge in [-0.2, -0.15) is 0 Å². The number of amides is 1. The summed E-state index contributed by atoms with van der Waals surface area (Å²) in [5.41, 5.74) is 3.10. The molecule has 0 radical (unpaired) electrons. The van der Waals surface area contributed by atoms with Gasteiger partial charge in [0.15, 0.2) is 0 Å². The Kier molecular flexibility index (Phi) is 6.42. The summed E-state index contributed by atoms with van der Waals surface area (Å²) in [6.07, 6.45) is 3.60. The van der Waals surface area contributed by atoms with Crippen LogP contribution in [0.25, 0.3) is 0 Å². The Morgan fingerprint density at radius 1 is 0.897 bits per heavy atom. The summed E-state index contributed by atoms with van der Waals surface area (Å²) in [5.74, 6) is 0.103. The highest BCUT2D eigenvalue weighted by Crippen LogP contribution is 2.19. The first-order valence-corrected chi connectivity index (χ1v) is 10.7.